The number of nitrogens with zero attached hydrogens (tertiary/aromatic N) is 2. The van der Waals surface area contributed by atoms with Gasteiger partial charge in [-0.05, 0) is 61.8 Å². The van der Waals surface area contributed by atoms with Gasteiger partial charge in [-0.3, -0.25) is 9.59 Å². The molecule has 8 heteroatoms. The van der Waals surface area contributed by atoms with Gasteiger partial charge >= 0.3 is 11.9 Å². The molecule has 0 aliphatic rings. The van der Waals surface area contributed by atoms with Gasteiger partial charge in [0.15, 0.2) is 0 Å². The van der Waals surface area contributed by atoms with Gasteiger partial charge in [0.25, 0.3) is 0 Å². The third-order valence-electron chi connectivity index (χ3n) is 6.42. The maximum Gasteiger partial charge on any atom is 0.323 e. The molecule has 242 valence electrons. The molecule has 4 aromatic rings. The van der Waals surface area contributed by atoms with Gasteiger partial charge < -0.3 is 19.6 Å². The predicted molar refractivity (Wildman–Crippen MR) is 196 cm³/mol. The number of esters is 1. The van der Waals surface area contributed by atoms with E-state index in [0.29, 0.717) is 0 Å². The number of benzene rings is 4. The number of ether oxygens (including phenoxy) is 1. The highest BCUT2D eigenvalue weighted by atomic mass is 32.2. The second-order valence-corrected chi connectivity index (χ2v) is 12.3. The molecule has 4 aromatic carbocycles. The van der Waals surface area contributed by atoms with Crippen LogP contribution in [0.1, 0.15) is 32.8 Å². The maximum atomic E-state index is 11.5. The van der Waals surface area contributed by atoms with E-state index < -0.39 is 11.2 Å². The highest BCUT2D eigenvalue weighted by molar-refractivity contribution is 7.99. The van der Waals surface area contributed by atoms with Gasteiger partial charge in [-0.2, -0.15) is 0 Å². The Hall–Kier alpha value is -3.88. The van der Waals surface area contributed by atoms with Crippen LogP contribution >= 0.6 is 23.5 Å². The fourth-order valence-corrected chi connectivity index (χ4v) is 5.17. The molecule has 0 fully saturated rings. The van der Waals surface area contributed by atoms with Crippen LogP contribution < -0.4 is 9.80 Å². The van der Waals surface area contributed by atoms with Gasteiger partial charge in [0, 0.05) is 39.6 Å². The third kappa shape index (κ3) is 15.1. The Morgan fingerprint density at radius 1 is 0.600 bits per heavy atom. The molecule has 0 radical (unpaired) electrons. The van der Waals surface area contributed by atoms with Crippen molar-refractivity contribution in [2.24, 2.45) is 0 Å². The van der Waals surface area contributed by atoms with Crippen LogP contribution in [0.4, 0.5) is 11.4 Å². The number of carboxylic acids is 1. The minimum Gasteiger partial charge on any atom is -0.480 e. The van der Waals surface area contributed by atoms with Crippen LogP contribution in [0.15, 0.2) is 109 Å². The molecule has 0 bridgehead atoms. The van der Waals surface area contributed by atoms with Crippen molar-refractivity contribution >= 4 is 46.8 Å². The smallest absolute Gasteiger partial charge is 0.323 e. The first kappa shape index (κ1) is 39.1. The Bertz CT molecular complexity index is 1330. The number of hydrogen-bond donors (Lipinski definition) is 1. The number of rotatable bonds is 8. The summed E-state index contributed by atoms with van der Waals surface area (Å²) in [4.78, 5) is 26.4. The highest BCUT2D eigenvalue weighted by Gasteiger charge is 2.20. The summed E-state index contributed by atoms with van der Waals surface area (Å²) in [5.41, 5.74) is 6.65. The molecule has 0 aromatic heterocycles. The van der Waals surface area contributed by atoms with Crippen LogP contribution in [0.2, 0.25) is 0 Å². The van der Waals surface area contributed by atoms with E-state index in [1.807, 2.05) is 129 Å². The molecule has 45 heavy (non-hydrogen) atoms. The monoisotopic (exact) mass is 648 g/mol. The van der Waals surface area contributed by atoms with E-state index in [2.05, 4.69) is 38.1 Å². The van der Waals surface area contributed by atoms with E-state index in [4.69, 9.17) is 9.84 Å². The number of aryl methyl sites for hydroxylation is 2. The highest BCUT2D eigenvalue weighted by Crippen LogP contribution is 2.29. The van der Waals surface area contributed by atoms with Crippen LogP contribution in [0.25, 0.3) is 0 Å². The summed E-state index contributed by atoms with van der Waals surface area (Å²) < 4.78 is 4.77. The van der Waals surface area contributed by atoms with Gasteiger partial charge in [-0.1, -0.05) is 96.1 Å². The van der Waals surface area contributed by atoms with Crippen LogP contribution in [0.3, 0.4) is 0 Å². The lowest BCUT2D eigenvalue weighted by Gasteiger charge is -2.15. The summed E-state index contributed by atoms with van der Waals surface area (Å²) in [7, 11) is 9.30. The fourth-order valence-electron chi connectivity index (χ4n) is 3.82. The third-order valence-corrected chi connectivity index (χ3v) is 8.30. The molecule has 0 amide bonds. The molecular formula is C37H48N2O4S2. The van der Waals surface area contributed by atoms with Crippen molar-refractivity contribution in [3.8, 4) is 0 Å². The largest absolute Gasteiger partial charge is 0.480 e. The Labute approximate surface area is 278 Å². The number of aliphatic carboxylic acids is 1. The van der Waals surface area contributed by atoms with E-state index in [1.54, 1.807) is 6.26 Å². The van der Waals surface area contributed by atoms with Crippen molar-refractivity contribution in [1.29, 1.82) is 0 Å². The molecule has 6 nitrogen and oxygen atoms in total. The topological polar surface area (TPSA) is 70.1 Å². The number of methoxy groups -OCH3 is 1. The van der Waals surface area contributed by atoms with Crippen molar-refractivity contribution < 1.29 is 19.4 Å². The van der Waals surface area contributed by atoms with Gasteiger partial charge in [-0.15, -0.1) is 23.5 Å². The number of carboxylic acid groups (broad SMARTS) is 1. The normalized spacial score (nSPS) is 11.0. The zero-order chi connectivity index (χ0) is 33.8. The van der Waals surface area contributed by atoms with Crippen molar-refractivity contribution in [2.45, 2.75) is 24.3 Å². The van der Waals surface area contributed by atoms with Crippen LogP contribution in [0, 0.1) is 13.8 Å². The minimum absolute atomic E-state index is 0.204. The molecule has 0 aliphatic carbocycles. The fraction of sp³-hybridized carbons (Fsp3) is 0.297. The second-order valence-electron chi connectivity index (χ2n) is 10.4. The summed E-state index contributed by atoms with van der Waals surface area (Å²) in [6, 6.07) is 36.1. The van der Waals surface area contributed by atoms with Gasteiger partial charge in [0.05, 0.1) is 7.11 Å². The zero-order valence-corrected chi connectivity index (χ0v) is 29.6. The summed E-state index contributed by atoms with van der Waals surface area (Å²) in [6.07, 6.45) is 3.71. The van der Waals surface area contributed by atoms with Crippen LogP contribution in [-0.4, -0.2) is 64.9 Å². The Kier molecular flexibility index (Phi) is 18.9. The molecule has 0 saturated carbocycles. The lowest BCUT2D eigenvalue weighted by molar-refractivity contribution is -0.140. The standard InChI is InChI=1S/C12H17NO2S.C11H15NO2S.2C7H8/c1-13(2)10-7-5-9(6-8-10)11(16-4)12(14)15-3;1-12(2)9-6-4-8(5-7-9)10(15-3)11(13)14;2*1-7-5-3-2-4-6-7/h5-8,11H,1-4H3;4-7,10H,1-3H3,(H,13,14);2*2-6H,1H3. The summed E-state index contributed by atoms with van der Waals surface area (Å²) in [6.45, 7) is 4.17. The van der Waals surface area contributed by atoms with E-state index >= 15 is 0 Å². The predicted octanol–water partition coefficient (Wildman–Crippen LogP) is 8.56. The van der Waals surface area contributed by atoms with Crippen LogP contribution in [0.5, 0.6) is 0 Å². The number of carbonyl (C=O) groups excluding carboxylic acids is 1. The van der Waals surface area contributed by atoms with Gasteiger partial charge in [0.2, 0.25) is 0 Å². The lowest BCUT2D eigenvalue weighted by atomic mass is 10.1. The first-order valence-corrected chi connectivity index (χ1v) is 17.0. The first-order chi connectivity index (χ1) is 21.4. The average molecular weight is 649 g/mol. The molecule has 1 N–H and O–H groups in total. The molecule has 2 unspecified atom stereocenters. The maximum absolute atomic E-state index is 11.5. The summed E-state index contributed by atoms with van der Waals surface area (Å²) in [5.74, 6) is -0.995. The van der Waals surface area contributed by atoms with Gasteiger partial charge in [0.1, 0.15) is 10.5 Å². The first-order valence-electron chi connectivity index (χ1n) is 14.4. The molecule has 4 rings (SSSR count). The zero-order valence-electron chi connectivity index (χ0n) is 27.9. The lowest BCUT2D eigenvalue weighted by Crippen LogP contribution is -2.12. The van der Waals surface area contributed by atoms with E-state index in [0.717, 1.165) is 22.5 Å². The van der Waals surface area contributed by atoms with Crippen LogP contribution in [-0.2, 0) is 14.3 Å². The molecule has 0 saturated heterocycles. The number of hydrogen-bond acceptors (Lipinski definition) is 7. The molecule has 0 heterocycles. The molecule has 2 atom stereocenters. The van der Waals surface area contributed by atoms with Crippen molar-refractivity contribution in [3.63, 3.8) is 0 Å². The Morgan fingerprint density at radius 2 is 0.933 bits per heavy atom. The number of anilines is 2. The summed E-state index contributed by atoms with van der Waals surface area (Å²) >= 11 is 2.81. The van der Waals surface area contributed by atoms with Crippen molar-refractivity contribution in [3.05, 3.63) is 131 Å². The van der Waals surface area contributed by atoms with E-state index in [9.17, 15) is 9.59 Å². The van der Waals surface area contributed by atoms with Gasteiger partial charge in [-0.25, -0.2) is 0 Å². The number of carbonyl (C=O) groups is 2. The molecule has 0 spiro atoms. The van der Waals surface area contributed by atoms with Crippen molar-refractivity contribution in [2.75, 3.05) is 57.6 Å². The number of thioether (sulfide) groups is 2. The van der Waals surface area contributed by atoms with E-state index in [1.165, 1.54) is 41.8 Å². The van der Waals surface area contributed by atoms with E-state index in [-0.39, 0.29) is 11.2 Å². The van der Waals surface area contributed by atoms with Crippen molar-refractivity contribution in [1.82, 2.24) is 0 Å². The average Bonchev–Trinajstić information content (AvgIpc) is 3.03. The Balaban J connectivity index is 0.000000320. The molecular weight excluding hydrogens is 601 g/mol. The quantitative estimate of drug-likeness (QED) is 0.191. The SMILES string of the molecule is COC(=O)C(SC)c1ccc(N(C)C)cc1.CSC(C(=O)O)c1ccc(N(C)C)cc1.Cc1ccccc1.Cc1ccccc1. The Morgan fingerprint density at radius 3 is 1.16 bits per heavy atom. The second kappa shape index (κ2) is 21.8. The minimum atomic E-state index is -0.792. The summed E-state index contributed by atoms with van der Waals surface area (Å²) in [5, 5.41) is 8.27. The molecule has 0 aliphatic heterocycles.